The van der Waals surface area contributed by atoms with Gasteiger partial charge in [-0.2, -0.15) is 0 Å². The predicted octanol–water partition coefficient (Wildman–Crippen LogP) is 6.36. The van der Waals surface area contributed by atoms with Gasteiger partial charge in [-0.1, -0.05) is 37.6 Å². The first-order valence-corrected chi connectivity index (χ1v) is 12.9. The lowest BCUT2D eigenvalue weighted by atomic mass is 9.84. The molecule has 206 valence electrons. The summed E-state index contributed by atoms with van der Waals surface area (Å²) in [5.74, 6) is 1.15. The fourth-order valence-electron chi connectivity index (χ4n) is 4.91. The third-order valence-corrected chi connectivity index (χ3v) is 7.36. The number of methoxy groups -OCH3 is 4. The Bertz CT molecular complexity index is 1150. The van der Waals surface area contributed by atoms with Crippen molar-refractivity contribution in [2.45, 2.75) is 72.5 Å². The van der Waals surface area contributed by atoms with Crippen molar-refractivity contribution >= 4 is 11.0 Å². The molecular formula is C30H44O7. The topological polar surface area (TPSA) is 87.4 Å². The number of phenolic OH excluding ortho intramolecular Hbond substituents is 1. The van der Waals surface area contributed by atoms with Gasteiger partial charge in [-0.15, -0.1) is 0 Å². The molecule has 1 aromatic heterocycles. The van der Waals surface area contributed by atoms with E-state index in [9.17, 15) is 9.90 Å². The second-order valence-electron chi connectivity index (χ2n) is 9.68. The maximum atomic E-state index is 13.2. The number of aromatic hydroxyl groups is 1. The molecule has 0 saturated carbocycles. The number of hydrogen-bond acceptors (Lipinski definition) is 7. The Hall–Kier alpha value is -2.77. The molecule has 0 aliphatic rings. The Labute approximate surface area is 221 Å². The van der Waals surface area contributed by atoms with Crippen LogP contribution in [-0.4, -0.2) is 45.8 Å². The van der Waals surface area contributed by atoms with Crippen LogP contribution in [0.3, 0.4) is 0 Å². The van der Waals surface area contributed by atoms with Crippen molar-refractivity contribution in [2.24, 2.45) is 11.8 Å². The number of benzene rings is 1. The van der Waals surface area contributed by atoms with Crippen LogP contribution < -0.4 is 14.9 Å². The predicted molar refractivity (Wildman–Crippen MR) is 148 cm³/mol. The number of aryl methyl sites for hydroxylation is 1. The third-order valence-electron chi connectivity index (χ3n) is 7.36. The van der Waals surface area contributed by atoms with Gasteiger partial charge < -0.3 is 28.5 Å². The third kappa shape index (κ3) is 7.17. The van der Waals surface area contributed by atoms with E-state index in [0.717, 1.165) is 19.3 Å². The summed E-state index contributed by atoms with van der Waals surface area (Å²) < 4.78 is 28.5. The van der Waals surface area contributed by atoms with Crippen molar-refractivity contribution in [3.63, 3.8) is 0 Å². The Morgan fingerprint density at radius 2 is 1.76 bits per heavy atom. The molecule has 7 nitrogen and oxygen atoms in total. The lowest BCUT2D eigenvalue weighted by Crippen LogP contribution is -2.37. The fourth-order valence-corrected chi connectivity index (χ4v) is 4.91. The number of allylic oxidation sites excluding steroid dienone is 4. The van der Waals surface area contributed by atoms with Gasteiger partial charge in [0.15, 0.2) is 16.8 Å². The minimum absolute atomic E-state index is 0.0349. The molecule has 0 radical (unpaired) electrons. The van der Waals surface area contributed by atoms with Gasteiger partial charge in [-0.3, -0.25) is 4.79 Å². The van der Waals surface area contributed by atoms with Crippen LogP contribution in [0.4, 0.5) is 0 Å². The van der Waals surface area contributed by atoms with Crippen LogP contribution in [0.1, 0.15) is 58.3 Å². The van der Waals surface area contributed by atoms with Gasteiger partial charge in [0.1, 0.15) is 16.9 Å². The lowest BCUT2D eigenvalue weighted by Gasteiger charge is -2.33. The number of hydrogen-bond donors (Lipinski definition) is 1. The first kappa shape index (κ1) is 30.5. The Morgan fingerprint density at radius 1 is 1.08 bits per heavy atom. The fraction of sp³-hybridized carbons (Fsp3) is 0.567. The van der Waals surface area contributed by atoms with E-state index in [1.54, 1.807) is 21.1 Å². The molecule has 0 bridgehead atoms. The average Bonchev–Trinajstić information content (AvgIpc) is 2.90. The minimum Gasteiger partial charge on any atom is -0.502 e. The summed E-state index contributed by atoms with van der Waals surface area (Å²) in [6.45, 7) is 10.2. The van der Waals surface area contributed by atoms with Crippen molar-refractivity contribution in [2.75, 3.05) is 28.4 Å². The molecule has 0 aliphatic carbocycles. The van der Waals surface area contributed by atoms with Crippen LogP contribution in [0.15, 0.2) is 39.1 Å². The van der Waals surface area contributed by atoms with Crippen LogP contribution >= 0.6 is 0 Å². The second-order valence-corrected chi connectivity index (χ2v) is 9.68. The Balaban J connectivity index is 2.22. The molecule has 0 saturated heterocycles. The summed E-state index contributed by atoms with van der Waals surface area (Å²) in [6.07, 6.45) is 9.51. The van der Waals surface area contributed by atoms with E-state index < -0.39 is 0 Å². The Kier molecular flexibility index (Phi) is 11.7. The molecule has 4 atom stereocenters. The van der Waals surface area contributed by atoms with E-state index in [0.29, 0.717) is 23.5 Å². The first-order chi connectivity index (χ1) is 17.6. The van der Waals surface area contributed by atoms with Gasteiger partial charge in [0, 0.05) is 38.2 Å². The summed E-state index contributed by atoms with van der Waals surface area (Å²) in [6, 6.07) is 1.49. The first-order valence-electron chi connectivity index (χ1n) is 12.9. The van der Waals surface area contributed by atoms with Gasteiger partial charge >= 0.3 is 0 Å². The summed E-state index contributed by atoms with van der Waals surface area (Å²) >= 11 is 0. The van der Waals surface area contributed by atoms with Crippen LogP contribution in [-0.2, 0) is 15.9 Å². The Morgan fingerprint density at radius 3 is 2.32 bits per heavy atom. The average molecular weight is 517 g/mol. The van der Waals surface area contributed by atoms with Gasteiger partial charge in [-0.25, -0.2) is 0 Å². The molecular weight excluding hydrogens is 472 g/mol. The van der Waals surface area contributed by atoms with Gasteiger partial charge in [0.05, 0.1) is 26.4 Å². The lowest BCUT2D eigenvalue weighted by molar-refractivity contribution is -0.0523. The molecule has 0 fully saturated rings. The van der Waals surface area contributed by atoms with E-state index >= 15 is 0 Å². The maximum absolute atomic E-state index is 13.2. The summed E-state index contributed by atoms with van der Waals surface area (Å²) in [4.78, 5) is 13.2. The van der Waals surface area contributed by atoms with Crippen LogP contribution in [0.5, 0.6) is 17.2 Å². The molecule has 37 heavy (non-hydrogen) atoms. The van der Waals surface area contributed by atoms with E-state index in [4.69, 9.17) is 23.4 Å². The second kappa shape index (κ2) is 14.2. The molecule has 0 unspecified atom stereocenters. The molecule has 0 spiro atoms. The van der Waals surface area contributed by atoms with Gasteiger partial charge in [-0.05, 0) is 46.0 Å². The number of phenols is 1. The van der Waals surface area contributed by atoms with Crippen molar-refractivity contribution in [3.8, 4) is 17.2 Å². The van der Waals surface area contributed by atoms with Crippen molar-refractivity contribution in [1.82, 2.24) is 0 Å². The van der Waals surface area contributed by atoms with Crippen LogP contribution in [0.2, 0.25) is 0 Å². The highest BCUT2D eigenvalue weighted by Crippen LogP contribution is 2.40. The molecule has 1 heterocycles. The standard InChI is InChI=1S/C30H44O7/c1-10-18(2)13-11-12-14-22(33-6)21(5)29(36-9)19(3)15-16-23-20(4)27(31)26-24(34-7)17-25(35-8)28(32)30(26)37-23/h10-11,13,17,19,21-22,29,32H,12,14-16H2,1-9H3/b13-11+,18-10+/t19-,21+,22-,29-/m0/s1. The highest BCUT2D eigenvalue weighted by molar-refractivity contribution is 5.91. The zero-order chi connectivity index (χ0) is 27.7. The van der Waals surface area contributed by atoms with Gasteiger partial charge in [0.25, 0.3) is 0 Å². The smallest absolute Gasteiger partial charge is 0.202 e. The van der Waals surface area contributed by atoms with E-state index in [1.807, 2.05) is 6.92 Å². The van der Waals surface area contributed by atoms with Crippen molar-refractivity contribution < 1.29 is 28.5 Å². The maximum Gasteiger partial charge on any atom is 0.202 e. The number of fused-ring (bicyclic) bond motifs is 1. The van der Waals surface area contributed by atoms with E-state index in [-0.39, 0.29) is 51.9 Å². The highest BCUT2D eigenvalue weighted by atomic mass is 16.5. The largest absolute Gasteiger partial charge is 0.502 e. The molecule has 1 N–H and O–H groups in total. The monoisotopic (exact) mass is 516 g/mol. The van der Waals surface area contributed by atoms with Crippen LogP contribution in [0.25, 0.3) is 11.0 Å². The summed E-state index contributed by atoms with van der Waals surface area (Å²) in [7, 11) is 6.39. The van der Waals surface area contributed by atoms with Gasteiger partial charge in [0.2, 0.25) is 5.75 Å². The zero-order valence-electron chi connectivity index (χ0n) is 23.8. The van der Waals surface area contributed by atoms with Crippen molar-refractivity contribution in [1.29, 1.82) is 0 Å². The quantitative estimate of drug-likeness (QED) is 0.292. The molecule has 0 amide bonds. The summed E-state index contributed by atoms with van der Waals surface area (Å²) in [5.41, 5.74) is 1.59. The molecule has 1 aromatic carbocycles. The van der Waals surface area contributed by atoms with Crippen LogP contribution in [0, 0.1) is 18.8 Å². The molecule has 2 rings (SSSR count). The summed E-state index contributed by atoms with van der Waals surface area (Å²) in [5, 5.41) is 10.9. The minimum atomic E-state index is -0.226. The molecule has 2 aromatic rings. The SMILES string of the molecule is C/C=C(C)/C=C/CC[C@H](OC)[C@@H](C)[C@@H](OC)[C@@H](C)CCc1oc2c(O)c(OC)cc(OC)c2c(=O)c1C. The number of rotatable bonds is 14. The molecule has 0 aliphatic heterocycles. The molecule has 7 heteroatoms. The normalized spacial score (nSPS) is 15.6. The zero-order valence-corrected chi connectivity index (χ0v) is 23.8. The highest BCUT2D eigenvalue weighted by Gasteiger charge is 2.30. The van der Waals surface area contributed by atoms with Crippen molar-refractivity contribution in [3.05, 3.63) is 51.4 Å². The van der Waals surface area contributed by atoms with E-state index in [1.165, 1.54) is 25.9 Å². The number of ether oxygens (including phenoxy) is 4. The van der Waals surface area contributed by atoms with E-state index in [2.05, 4.69) is 39.0 Å².